The molecule has 3 N–H and O–H groups in total. The second-order valence-corrected chi connectivity index (χ2v) is 8.77. The Balaban J connectivity index is 1.91. The third-order valence-corrected chi connectivity index (χ3v) is 6.38. The molecule has 31 heavy (non-hydrogen) atoms. The number of hydrogen-bond donors (Lipinski definition) is 3. The van der Waals surface area contributed by atoms with E-state index in [1.807, 2.05) is 55.5 Å². The van der Waals surface area contributed by atoms with E-state index in [9.17, 15) is 15.0 Å². The fraction of sp³-hybridized carbons (Fsp3) is 0.240. The van der Waals surface area contributed by atoms with Gasteiger partial charge < -0.3 is 15.5 Å². The van der Waals surface area contributed by atoms with Gasteiger partial charge in [0.25, 0.3) is 0 Å². The van der Waals surface area contributed by atoms with E-state index in [4.69, 9.17) is 11.6 Å². The Labute approximate surface area is 192 Å². The van der Waals surface area contributed by atoms with E-state index in [1.165, 1.54) is 0 Å². The minimum Gasteiger partial charge on any atom is -0.478 e. The molecule has 0 aliphatic rings. The highest BCUT2D eigenvalue weighted by Crippen LogP contribution is 2.35. The van der Waals surface area contributed by atoms with E-state index < -0.39 is 5.97 Å². The molecule has 0 aromatic heterocycles. The summed E-state index contributed by atoms with van der Waals surface area (Å²) in [6.07, 6.45) is 0.637. The van der Waals surface area contributed by atoms with Crippen molar-refractivity contribution in [3.05, 3.63) is 88.4 Å². The summed E-state index contributed by atoms with van der Waals surface area (Å²) in [6, 6.07) is 20.8. The highest BCUT2D eigenvalue weighted by molar-refractivity contribution is 7.99. The fourth-order valence-corrected chi connectivity index (χ4v) is 4.71. The average molecular weight is 456 g/mol. The van der Waals surface area contributed by atoms with Crippen molar-refractivity contribution in [1.82, 2.24) is 5.32 Å². The van der Waals surface area contributed by atoms with E-state index in [0.717, 1.165) is 32.9 Å². The lowest BCUT2D eigenvalue weighted by atomic mass is 9.95. The Kier molecular flexibility index (Phi) is 8.55. The van der Waals surface area contributed by atoms with Crippen molar-refractivity contribution in [3.63, 3.8) is 0 Å². The molecule has 0 heterocycles. The molecule has 0 aliphatic heterocycles. The Morgan fingerprint density at radius 3 is 2.39 bits per heavy atom. The molecule has 0 bridgehead atoms. The van der Waals surface area contributed by atoms with Crippen molar-refractivity contribution < 1.29 is 15.0 Å². The maximum absolute atomic E-state index is 11.9. The summed E-state index contributed by atoms with van der Waals surface area (Å²) in [5.41, 5.74) is 4.40. The van der Waals surface area contributed by atoms with Gasteiger partial charge in [0.2, 0.25) is 0 Å². The van der Waals surface area contributed by atoms with E-state index in [2.05, 4.69) is 5.32 Å². The molecule has 3 rings (SSSR count). The molecule has 0 spiro atoms. The number of rotatable bonds is 10. The number of thioether (sulfide) groups is 1. The molecule has 6 heteroatoms. The van der Waals surface area contributed by atoms with Crippen LogP contribution >= 0.6 is 23.4 Å². The van der Waals surface area contributed by atoms with Crippen LogP contribution in [0.15, 0.2) is 71.6 Å². The highest BCUT2D eigenvalue weighted by atomic mass is 35.5. The molecule has 0 amide bonds. The first-order chi connectivity index (χ1) is 15.0. The van der Waals surface area contributed by atoms with Crippen molar-refractivity contribution in [2.45, 2.75) is 24.3 Å². The van der Waals surface area contributed by atoms with Crippen LogP contribution in [0.3, 0.4) is 0 Å². The SMILES string of the molecule is CCSc1c(C(=O)O)ccc(-c2ccccc2)c1CCN[C@@H](CO)c1ccc(Cl)cc1. The summed E-state index contributed by atoms with van der Waals surface area (Å²) >= 11 is 7.53. The highest BCUT2D eigenvalue weighted by Gasteiger charge is 2.19. The molecule has 0 radical (unpaired) electrons. The molecular weight excluding hydrogens is 430 g/mol. The quantitative estimate of drug-likeness (QED) is 0.343. The van der Waals surface area contributed by atoms with Crippen molar-refractivity contribution in [3.8, 4) is 11.1 Å². The van der Waals surface area contributed by atoms with Gasteiger partial charge in [0.05, 0.1) is 18.2 Å². The minimum atomic E-state index is -0.917. The van der Waals surface area contributed by atoms with Crippen molar-refractivity contribution in [1.29, 1.82) is 0 Å². The van der Waals surface area contributed by atoms with Crippen LogP contribution < -0.4 is 5.32 Å². The topological polar surface area (TPSA) is 69.6 Å². The molecule has 3 aromatic rings. The van der Waals surface area contributed by atoms with Gasteiger partial charge in [-0.05, 0) is 59.2 Å². The van der Waals surface area contributed by atoms with Gasteiger partial charge in [-0.1, -0.05) is 67.1 Å². The lowest BCUT2D eigenvalue weighted by molar-refractivity contribution is 0.0693. The molecule has 1 atom stereocenters. The number of hydrogen-bond acceptors (Lipinski definition) is 4. The second-order valence-electron chi connectivity index (χ2n) is 7.06. The van der Waals surface area contributed by atoms with Crippen LogP contribution in [0, 0.1) is 0 Å². The van der Waals surface area contributed by atoms with E-state index >= 15 is 0 Å². The number of aromatic carboxylic acids is 1. The van der Waals surface area contributed by atoms with Gasteiger partial charge in [0.1, 0.15) is 0 Å². The van der Waals surface area contributed by atoms with Crippen LogP contribution in [-0.4, -0.2) is 35.1 Å². The monoisotopic (exact) mass is 455 g/mol. The van der Waals surface area contributed by atoms with E-state index in [-0.39, 0.29) is 12.6 Å². The zero-order valence-electron chi connectivity index (χ0n) is 17.3. The van der Waals surface area contributed by atoms with Gasteiger partial charge in [-0.2, -0.15) is 0 Å². The number of nitrogens with one attached hydrogen (secondary N) is 1. The number of benzene rings is 3. The normalized spacial score (nSPS) is 12.0. The summed E-state index contributed by atoms with van der Waals surface area (Å²) in [5.74, 6) is -0.137. The van der Waals surface area contributed by atoms with Gasteiger partial charge in [0.15, 0.2) is 0 Å². The first-order valence-electron chi connectivity index (χ1n) is 10.2. The molecule has 0 aliphatic carbocycles. The summed E-state index contributed by atoms with van der Waals surface area (Å²) in [5, 5.41) is 23.6. The Morgan fingerprint density at radius 1 is 1.06 bits per heavy atom. The van der Waals surface area contributed by atoms with Gasteiger partial charge in [0, 0.05) is 9.92 Å². The molecule has 3 aromatic carbocycles. The van der Waals surface area contributed by atoms with Crippen molar-refractivity contribution >= 4 is 29.3 Å². The Morgan fingerprint density at radius 2 is 1.77 bits per heavy atom. The van der Waals surface area contributed by atoms with Crippen molar-refractivity contribution in [2.24, 2.45) is 0 Å². The zero-order chi connectivity index (χ0) is 22.2. The van der Waals surface area contributed by atoms with Crippen LogP contribution in [0.2, 0.25) is 5.02 Å². The van der Waals surface area contributed by atoms with Crippen LogP contribution in [0.25, 0.3) is 11.1 Å². The second kappa shape index (κ2) is 11.3. The van der Waals surface area contributed by atoms with Crippen LogP contribution in [-0.2, 0) is 6.42 Å². The van der Waals surface area contributed by atoms with E-state index in [0.29, 0.717) is 23.6 Å². The number of carbonyl (C=O) groups is 1. The molecule has 0 saturated carbocycles. The first kappa shape index (κ1) is 23.4. The Bertz CT molecular complexity index is 1010. The molecule has 4 nitrogen and oxygen atoms in total. The Hall–Kier alpha value is -2.31. The molecule has 162 valence electrons. The summed E-state index contributed by atoms with van der Waals surface area (Å²) in [7, 11) is 0. The van der Waals surface area contributed by atoms with Crippen LogP contribution in [0.4, 0.5) is 0 Å². The molecule has 0 unspecified atom stereocenters. The van der Waals surface area contributed by atoms with Crippen LogP contribution in [0.1, 0.15) is 34.5 Å². The summed E-state index contributed by atoms with van der Waals surface area (Å²) < 4.78 is 0. The predicted molar refractivity (Wildman–Crippen MR) is 128 cm³/mol. The standard InChI is InChI=1S/C25H26ClNO3S/c1-2-31-24-21(14-15-27-23(16-28)18-8-10-19(26)11-9-18)20(12-13-22(24)25(29)30)17-6-4-3-5-7-17/h3-13,23,27-28H,2,14-16H2,1H3,(H,29,30)/t23-/m0/s1. The minimum absolute atomic E-state index is 0.0428. The van der Waals surface area contributed by atoms with Gasteiger partial charge in [-0.15, -0.1) is 11.8 Å². The number of aliphatic hydroxyl groups excluding tert-OH is 1. The maximum atomic E-state index is 11.9. The third-order valence-electron chi connectivity index (χ3n) is 5.09. The largest absolute Gasteiger partial charge is 0.478 e. The average Bonchev–Trinajstić information content (AvgIpc) is 2.78. The lowest BCUT2D eigenvalue weighted by Gasteiger charge is -2.20. The van der Waals surface area contributed by atoms with Crippen LogP contribution in [0.5, 0.6) is 0 Å². The number of halogens is 1. The van der Waals surface area contributed by atoms with Crippen molar-refractivity contribution in [2.75, 3.05) is 18.9 Å². The predicted octanol–water partition coefficient (Wildman–Crippen LogP) is 5.68. The number of aliphatic hydroxyl groups is 1. The lowest BCUT2D eigenvalue weighted by Crippen LogP contribution is -2.26. The molecule has 0 saturated heterocycles. The zero-order valence-corrected chi connectivity index (χ0v) is 18.9. The third kappa shape index (κ3) is 5.89. The summed E-state index contributed by atoms with van der Waals surface area (Å²) in [4.78, 5) is 12.7. The summed E-state index contributed by atoms with van der Waals surface area (Å²) in [6.45, 7) is 2.57. The molecular formula is C25H26ClNO3S. The smallest absolute Gasteiger partial charge is 0.336 e. The number of carboxylic acids is 1. The first-order valence-corrected chi connectivity index (χ1v) is 11.6. The van der Waals surface area contributed by atoms with Gasteiger partial charge in [-0.3, -0.25) is 0 Å². The molecule has 0 fully saturated rings. The fourth-order valence-electron chi connectivity index (χ4n) is 3.60. The van der Waals surface area contributed by atoms with E-state index in [1.54, 1.807) is 30.0 Å². The van der Waals surface area contributed by atoms with Gasteiger partial charge in [-0.25, -0.2) is 4.79 Å². The number of carboxylic acid groups (broad SMARTS) is 1. The maximum Gasteiger partial charge on any atom is 0.336 e. The van der Waals surface area contributed by atoms with Gasteiger partial charge >= 0.3 is 5.97 Å².